The number of phenolic OH excluding ortho intramolecular Hbond substituents is 1. The number of piperazine rings is 1. The van der Waals surface area contributed by atoms with Crippen molar-refractivity contribution in [2.75, 3.05) is 31.1 Å². The number of amides is 1. The molecule has 4 heterocycles. The van der Waals surface area contributed by atoms with Gasteiger partial charge in [-0.3, -0.25) is 9.48 Å². The van der Waals surface area contributed by atoms with Crippen LogP contribution < -0.4 is 4.90 Å². The van der Waals surface area contributed by atoms with Gasteiger partial charge in [-0.1, -0.05) is 12.6 Å². The Bertz CT molecular complexity index is 1450. The van der Waals surface area contributed by atoms with E-state index in [0.717, 1.165) is 22.3 Å². The highest BCUT2D eigenvalue weighted by molar-refractivity contribution is 5.89. The van der Waals surface area contributed by atoms with Gasteiger partial charge in [0.25, 0.3) is 0 Å². The number of aromatic hydroxyl groups is 1. The number of carbonyl (C=O) groups is 1. The second kappa shape index (κ2) is 8.41. The van der Waals surface area contributed by atoms with Crippen molar-refractivity contribution in [3.63, 3.8) is 0 Å². The van der Waals surface area contributed by atoms with E-state index < -0.39 is 0 Å². The molecule has 9 heteroatoms. The van der Waals surface area contributed by atoms with Crippen LogP contribution in [0.3, 0.4) is 0 Å². The predicted octanol–water partition coefficient (Wildman–Crippen LogP) is 2.81. The van der Waals surface area contributed by atoms with Gasteiger partial charge in [-0.25, -0.2) is 4.52 Å². The Morgan fingerprint density at radius 2 is 1.88 bits per heavy atom. The molecule has 1 N–H and O–H groups in total. The molecule has 0 radical (unpaired) electrons. The number of aryl methyl sites for hydroxylation is 1. The van der Waals surface area contributed by atoms with E-state index in [2.05, 4.69) is 27.7 Å². The summed E-state index contributed by atoms with van der Waals surface area (Å²) in [6, 6.07) is 9.73. The lowest BCUT2D eigenvalue weighted by Crippen LogP contribution is -2.48. The van der Waals surface area contributed by atoms with Crippen molar-refractivity contribution in [2.24, 2.45) is 7.05 Å². The standard InChI is InChI=1S/C25H23N7O2/c1-3-24(34)31-8-6-30(7-9-31)22-5-4-17(11-23(22)33)21-10-18(20-14-27-29(2)15-20)16-32-25(21)19(12-26)13-28-32/h3-5,10-11,13-16,33H,1,6-9H2,2H3. The minimum atomic E-state index is -0.0779. The number of nitrogens with zero attached hydrogens (tertiary/aromatic N) is 7. The van der Waals surface area contributed by atoms with Gasteiger partial charge in [-0.05, 0) is 29.8 Å². The fourth-order valence-electron chi connectivity index (χ4n) is 4.41. The summed E-state index contributed by atoms with van der Waals surface area (Å²) in [4.78, 5) is 15.7. The van der Waals surface area contributed by atoms with E-state index in [1.165, 1.54) is 6.08 Å². The maximum atomic E-state index is 11.9. The third-order valence-corrected chi connectivity index (χ3v) is 6.16. The maximum absolute atomic E-state index is 11.9. The molecule has 3 aromatic heterocycles. The number of nitriles is 1. The van der Waals surface area contributed by atoms with E-state index in [4.69, 9.17) is 0 Å². The first kappa shape index (κ1) is 21.3. The number of rotatable bonds is 4. The average Bonchev–Trinajstić information content (AvgIpc) is 3.49. The summed E-state index contributed by atoms with van der Waals surface area (Å²) in [6.07, 6.45) is 8.43. The van der Waals surface area contributed by atoms with E-state index in [1.807, 2.05) is 37.6 Å². The van der Waals surface area contributed by atoms with Crippen molar-refractivity contribution >= 4 is 17.1 Å². The molecule has 0 spiro atoms. The summed E-state index contributed by atoms with van der Waals surface area (Å²) < 4.78 is 3.42. The summed E-state index contributed by atoms with van der Waals surface area (Å²) in [5, 5.41) is 29.2. The molecular formula is C25H23N7O2. The third-order valence-electron chi connectivity index (χ3n) is 6.16. The van der Waals surface area contributed by atoms with Gasteiger partial charge < -0.3 is 14.9 Å². The van der Waals surface area contributed by atoms with Crippen molar-refractivity contribution < 1.29 is 9.90 Å². The topological polar surface area (TPSA) is 103 Å². The highest BCUT2D eigenvalue weighted by atomic mass is 16.3. The minimum absolute atomic E-state index is 0.0779. The number of hydrogen-bond acceptors (Lipinski definition) is 6. The first-order valence-electron chi connectivity index (χ1n) is 10.9. The molecular weight excluding hydrogens is 430 g/mol. The lowest BCUT2D eigenvalue weighted by molar-refractivity contribution is -0.126. The van der Waals surface area contributed by atoms with Gasteiger partial charge in [0.15, 0.2) is 0 Å². The molecule has 1 fully saturated rings. The van der Waals surface area contributed by atoms with Crippen LogP contribution in [-0.4, -0.2) is 61.5 Å². The fraction of sp³-hybridized carbons (Fsp3) is 0.200. The number of phenols is 1. The van der Waals surface area contributed by atoms with Gasteiger partial charge in [0.05, 0.1) is 29.2 Å². The molecule has 34 heavy (non-hydrogen) atoms. The van der Waals surface area contributed by atoms with Crippen molar-refractivity contribution in [2.45, 2.75) is 0 Å². The van der Waals surface area contributed by atoms with Crippen LogP contribution in [0.5, 0.6) is 5.75 Å². The van der Waals surface area contributed by atoms with Crippen LogP contribution in [-0.2, 0) is 11.8 Å². The molecule has 1 aliphatic rings. The van der Waals surface area contributed by atoms with E-state index in [1.54, 1.807) is 32.6 Å². The Hall–Kier alpha value is -4.58. The predicted molar refractivity (Wildman–Crippen MR) is 128 cm³/mol. The quantitative estimate of drug-likeness (QED) is 0.477. The summed E-state index contributed by atoms with van der Waals surface area (Å²) >= 11 is 0. The molecule has 0 atom stereocenters. The Morgan fingerprint density at radius 3 is 2.53 bits per heavy atom. The zero-order valence-corrected chi connectivity index (χ0v) is 18.7. The second-order valence-corrected chi connectivity index (χ2v) is 8.23. The fourth-order valence-corrected chi connectivity index (χ4v) is 4.41. The maximum Gasteiger partial charge on any atom is 0.246 e. The number of benzene rings is 1. The van der Waals surface area contributed by atoms with E-state index in [9.17, 15) is 15.2 Å². The Balaban J connectivity index is 1.53. The Labute approximate surface area is 196 Å². The van der Waals surface area contributed by atoms with Gasteiger partial charge in [0.2, 0.25) is 5.91 Å². The number of anilines is 1. The molecule has 0 unspecified atom stereocenters. The molecule has 5 rings (SSSR count). The normalized spacial score (nSPS) is 13.8. The summed E-state index contributed by atoms with van der Waals surface area (Å²) in [7, 11) is 1.86. The second-order valence-electron chi connectivity index (χ2n) is 8.23. The monoisotopic (exact) mass is 453 g/mol. The van der Waals surface area contributed by atoms with Crippen LogP contribution in [0.1, 0.15) is 5.56 Å². The van der Waals surface area contributed by atoms with E-state index in [-0.39, 0.29) is 11.7 Å². The van der Waals surface area contributed by atoms with Gasteiger partial charge >= 0.3 is 0 Å². The van der Waals surface area contributed by atoms with Crippen molar-refractivity contribution in [3.8, 4) is 34.1 Å². The lowest BCUT2D eigenvalue weighted by atomic mass is 9.99. The van der Waals surface area contributed by atoms with E-state index in [0.29, 0.717) is 42.9 Å². The Kier molecular flexibility index (Phi) is 5.26. The summed E-state index contributed by atoms with van der Waals surface area (Å²) in [5.74, 6) is 0.0646. The van der Waals surface area contributed by atoms with Crippen LogP contribution in [0.15, 0.2) is 61.7 Å². The highest BCUT2D eigenvalue weighted by Gasteiger charge is 2.22. The smallest absolute Gasteiger partial charge is 0.246 e. The zero-order chi connectivity index (χ0) is 23.8. The van der Waals surface area contributed by atoms with Gasteiger partial charge in [0.1, 0.15) is 11.8 Å². The highest BCUT2D eigenvalue weighted by Crippen LogP contribution is 2.37. The lowest BCUT2D eigenvalue weighted by Gasteiger charge is -2.36. The largest absolute Gasteiger partial charge is 0.506 e. The summed E-state index contributed by atoms with van der Waals surface area (Å²) in [5.41, 5.74) is 5.23. The molecule has 0 saturated carbocycles. The van der Waals surface area contributed by atoms with Gasteiger partial charge in [-0.2, -0.15) is 15.5 Å². The SMILES string of the molecule is C=CC(=O)N1CCN(c2ccc(-c3cc(-c4cnn(C)c4)cn4ncc(C#N)c34)cc2O)CC1. The van der Waals surface area contributed by atoms with Crippen LogP contribution >= 0.6 is 0 Å². The van der Waals surface area contributed by atoms with Crippen molar-refractivity contribution in [1.82, 2.24) is 24.3 Å². The Morgan fingerprint density at radius 1 is 1.09 bits per heavy atom. The minimum Gasteiger partial charge on any atom is -0.506 e. The first-order valence-corrected chi connectivity index (χ1v) is 10.9. The molecule has 9 nitrogen and oxygen atoms in total. The molecule has 4 aromatic rings. The first-order chi connectivity index (χ1) is 16.5. The molecule has 0 aliphatic carbocycles. The number of carbonyl (C=O) groups excluding carboxylic acids is 1. The summed E-state index contributed by atoms with van der Waals surface area (Å²) in [6.45, 7) is 5.93. The molecule has 1 aliphatic heterocycles. The molecule has 1 saturated heterocycles. The third kappa shape index (κ3) is 3.65. The molecule has 1 amide bonds. The number of fused-ring (bicyclic) bond motifs is 1. The van der Waals surface area contributed by atoms with Crippen LogP contribution in [0, 0.1) is 11.3 Å². The molecule has 0 bridgehead atoms. The number of pyridine rings is 1. The van der Waals surface area contributed by atoms with Gasteiger partial charge in [0, 0.05) is 62.3 Å². The van der Waals surface area contributed by atoms with E-state index >= 15 is 0 Å². The zero-order valence-electron chi connectivity index (χ0n) is 18.7. The van der Waals surface area contributed by atoms with Crippen LogP contribution in [0.25, 0.3) is 27.8 Å². The number of hydrogen-bond donors (Lipinski definition) is 1. The average molecular weight is 454 g/mol. The van der Waals surface area contributed by atoms with Crippen LogP contribution in [0.2, 0.25) is 0 Å². The molecule has 170 valence electrons. The van der Waals surface area contributed by atoms with Crippen molar-refractivity contribution in [3.05, 3.63) is 67.3 Å². The molecule has 1 aromatic carbocycles. The van der Waals surface area contributed by atoms with Crippen molar-refractivity contribution in [1.29, 1.82) is 5.26 Å². The van der Waals surface area contributed by atoms with Gasteiger partial charge in [-0.15, -0.1) is 0 Å². The number of aromatic nitrogens is 4. The van der Waals surface area contributed by atoms with Crippen LogP contribution in [0.4, 0.5) is 5.69 Å².